The lowest BCUT2D eigenvalue weighted by atomic mass is 9.95. The summed E-state index contributed by atoms with van der Waals surface area (Å²) in [6.07, 6.45) is 0. The Morgan fingerprint density at radius 1 is 1.00 bits per heavy atom. The van der Waals surface area contributed by atoms with Gasteiger partial charge in [-0.2, -0.15) is 0 Å². The van der Waals surface area contributed by atoms with E-state index >= 15 is 0 Å². The van der Waals surface area contributed by atoms with Gasteiger partial charge in [-0.25, -0.2) is 0 Å². The Labute approximate surface area is 108 Å². The molecule has 0 amide bonds. The number of fused-ring (bicyclic) bond motifs is 1. The van der Waals surface area contributed by atoms with Crippen LogP contribution in [0.2, 0.25) is 0 Å². The largest absolute Gasteiger partial charge is 0.277 e. The van der Waals surface area contributed by atoms with Crippen LogP contribution in [-0.4, -0.2) is 4.92 Å². The molecule has 2 aromatic carbocycles. The molecule has 3 nitrogen and oxygen atoms in total. The van der Waals surface area contributed by atoms with Crippen molar-refractivity contribution < 1.29 is 4.92 Å². The summed E-state index contributed by atoms with van der Waals surface area (Å²) in [5.41, 5.74) is 1.33. The van der Waals surface area contributed by atoms with Gasteiger partial charge in [0.1, 0.15) is 0 Å². The number of nitro benzene ring substituents is 1. The van der Waals surface area contributed by atoms with E-state index in [4.69, 9.17) is 0 Å². The topological polar surface area (TPSA) is 43.1 Å². The minimum Gasteiger partial charge on any atom is -0.258 e. The fourth-order valence-electron chi connectivity index (χ4n) is 1.97. The maximum atomic E-state index is 10.9. The van der Waals surface area contributed by atoms with E-state index in [2.05, 4.69) is 13.8 Å². The van der Waals surface area contributed by atoms with Gasteiger partial charge in [0.15, 0.2) is 0 Å². The quantitative estimate of drug-likeness (QED) is 0.558. The second-order valence-electron chi connectivity index (χ2n) is 4.13. The zero-order chi connectivity index (χ0) is 13.7. The minimum absolute atomic E-state index is 0.181. The van der Waals surface area contributed by atoms with Gasteiger partial charge in [-0.15, -0.1) is 0 Å². The molecule has 0 aliphatic heterocycles. The molecule has 3 heteroatoms. The van der Waals surface area contributed by atoms with Gasteiger partial charge in [-0.05, 0) is 22.9 Å². The van der Waals surface area contributed by atoms with Gasteiger partial charge in [-0.3, -0.25) is 10.1 Å². The molecular formula is C15H19NO2. The second kappa shape index (κ2) is 6.15. The van der Waals surface area contributed by atoms with E-state index < -0.39 is 0 Å². The first-order valence-electron chi connectivity index (χ1n) is 6.27. The van der Waals surface area contributed by atoms with Gasteiger partial charge in [0, 0.05) is 6.07 Å². The normalized spacial score (nSPS) is 10.1. The third kappa shape index (κ3) is 2.67. The summed E-state index contributed by atoms with van der Waals surface area (Å²) in [7, 11) is 0. The average Bonchev–Trinajstić information content (AvgIpc) is 2.39. The molecular weight excluding hydrogens is 226 g/mol. The van der Waals surface area contributed by atoms with E-state index in [9.17, 15) is 10.1 Å². The van der Waals surface area contributed by atoms with Crippen LogP contribution in [0.5, 0.6) is 0 Å². The molecule has 0 saturated heterocycles. The van der Waals surface area contributed by atoms with Gasteiger partial charge < -0.3 is 0 Å². The lowest BCUT2D eigenvalue weighted by Gasteiger charge is -2.09. The van der Waals surface area contributed by atoms with Gasteiger partial charge in [-0.1, -0.05) is 52.0 Å². The number of nitrogens with zero attached hydrogens (tertiary/aromatic N) is 1. The molecule has 0 spiro atoms. The van der Waals surface area contributed by atoms with Crippen molar-refractivity contribution >= 4 is 16.5 Å². The molecule has 0 unspecified atom stereocenters. The van der Waals surface area contributed by atoms with Crippen molar-refractivity contribution in [2.75, 3.05) is 0 Å². The zero-order valence-corrected chi connectivity index (χ0v) is 11.3. The van der Waals surface area contributed by atoms with Crippen molar-refractivity contribution in [3.05, 3.63) is 52.1 Å². The van der Waals surface area contributed by atoms with Crippen LogP contribution in [0, 0.1) is 10.1 Å². The standard InChI is InChI=1S/C13H13NO2.C2H6/c1-9(2)10-7-8-13(14(15)16)12-6-4-3-5-11(10)12;1-2/h3-9H,1-2H3;1-2H3. The monoisotopic (exact) mass is 245 g/mol. The fraction of sp³-hybridized carbons (Fsp3) is 0.333. The fourth-order valence-corrected chi connectivity index (χ4v) is 1.97. The van der Waals surface area contributed by atoms with Crippen LogP contribution >= 0.6 is 0 Å². The van der Waals surface area contributed by atoms with Crippen molar-refractivity contribution in [3.63, 3.8) is 0 Å². The summed E-state index contributed by atoms with van der Waals surface area (Å²) < 4.78 is 0. The SMILES string of the molecule is CC.CC(C)c1ccc([N+](=O)[O-])c2ccccc12. The molecule has 2 rings (SSSR count). The molecule has 2 aromatic rings. The van der Waals surface area contributed by atoms with Gasteiger partial charge in [0.25, 0.3) is 5.69 Å². The summed E-state index contributed by atoms with van der Waals surface area (Å²) in [6, 6.07) is 10.9. The molecule has 18 heavy (non-hydrogen) atoms. The summed E-state index contributed by atoms with van der Waals surface area (Å²) in [5, 5.41) is 12.6. The smallest absolute Gasteiger partial charge is 0.258 e. The van der Waals surface area contributed by atoms with Gasteiger partial charge >= 0.3 is 0 Å². The highest BCUT2D eigenvalue weighted by molar-refractivity contribution is 5.93. The van der Waals surface area contributed by atoms with E-state index in [0.29, 0.717) is 5.92 Å². The maximum Gasteiger partial charge on any atom is 0.277 e. The first kappa shape index (κ1) is 14.2. The number of benzene rings is 2. The van der Waals surface area contributed by atoms with E-state index in [0.717, 1.165) is 16.3 Å². The van der Waals surface area contributed by atoms with Gasteiger partial charge in [0.05, 0.1) is 10.3 Å². The Kier molecular flexibility index (Phi) is 4.84. The van der Waals surface area contributed by atoms with Crippen molar-refractivity contribution in [1.29, 1.82) is 0 Å². The summed E-state index contributed by atoms with van der Waals surface area (Å²) in [5.74, 6) is 0.366. The van der Waals surface area contributed by atoms with Crippen LogP contribution in [-0.2, 0) is 0 Å². The summed E-state index contributed by atoms with van der Waals surface area (Å²) in [4.78, 5) is 10.6. The third-order valence-corrected chi connectivity index (χ3v) is 2.75. The maximum absolute atomic E-state index is 10.9. The van der Waals surface area contributed by atoms with E-state index in [-0.39, 0.29) is 10.6 Å². The van der Waals surface area contributed by atoms with Crippen LogP contribution < -0.4 is 0 Å². The van der Waals surface area contributed by atoms with Crippen molar-refractivity contribution in [2.24, 2.45) is 0 Å². The molecule has 0 saturated carbocycles. The molecule has 0 bridgehead atoms. The second-order valence-corrected chi connectivity index (χ2v) is 4.13. The first-order valence-corrected chi connectivity index (χ1v) is 6.27. The van der Waals surface area contributed by atoms with E-state index in [1.165, 1.54) is 0 Å². The third-order valence-electron chi connectivity index (χ3n) is 2.75. The van der Waals surface area contributed by atoms with E-state index in [1.807, 2.05) is 38.1 Å². The zero-order valence-electron chi connectivity index (χ0n) is 11.3. The van der Waals surface area contributed by atoms with Crippen LogP contribution in [0.25, 0.3) is 10.8 Å². The number of hydrogen-bond acceptors (Lipinski definition) is 2. The molecule has 0 radical (unpaired) electrons. The predicted octanol–water partition coefficient (Wildman–Crippen LogP) is 4.90. The highest BCUT2D eigenvalue weighted by Gasteiger charge is 2.14. The molecule has 0 aromatic heterocycles. The molecule has 0 atom stereocenters. The number of hydrogen-bond donors (Lipinski definition) is 0. The Bertz CT molecular complexity index is 547. The van der Waals surface area contributed by atoms with Crippen LogP contribution in [0.3, 0.4) is 0 Å². The molecule has 0 heterocycles. The molecule has 0 aliphatic carbocycles. The van der Waals surface area contributed by atoms with E-state index in [1.54, 1.807) is 12.1 Å². The average molecular weight is 245 g/mol. The van der Waals surface area contributed by atoms with Crippen LogP contribution in [0.4, 0.5) is 5.69 Å². The van der Waals surface area contributed by atoms with Crippen LogP contribution in [0.15, 0.2) is 36.4 Å². The van der Waals surface area contributed by atoms with Crippen molar-refractivity contribution in [3.8, 4) is 0 Å². The number of rotatable bonds is 2. The Hall–Kier alpha value is -1.90. The van der Waals surface area contributed by atoms with Gasteiger partial charge in [0.2, 0.25) is 0 Å². The Morgan fingerprint density at radius 3 is 2.06 bits per heavy atom. The Balaban J connectivity index is 0.000000771. The van der Waals surface area contributed by atoms with Crippen molar-refractivity contribution in [2.45, 2.75) is 33.6 Å². The lowest BCUT2D eigenvalue weighted by Crippen LogP contribution is -1.94. The minimum atomic E-state index is -0.327. The van der Waals surface area contributed by atoms with Crippen LogP contribution in [0.1, 0.15) is 39.2 Å². The molecule has 0 aliphatic rings. The first-order chi connectivity index (χ1) is 8.61. The number of non-ortho nitro benzene ring substituents is 1. The molecule has 96 valence electrons. The Morgan fingerprint density at radius 2 is 1.56 bits per heavy atom. The van der Waals surface area contributed by atoms with Crippen molar-refractivity contribution in [1.82, 2.24) is 0 Å². The highest BCUT2D eigenvalue weighted by Crippen LogP contribution is 2.31. The lowest BCUT2D eigenvalue weighted by molar-refractivity contribution is -0.383. The summed E-state index contributed by atoms with van der Waals surface area (Å²) >= 11 is 0. The number of nitro groups is 1. The highest BCUT2D eigenvalue weighted by atomic mass is 16.6. The molecule has 0 N–H and O–H groups in total. The predicted molar refractivity (Wildman–Crippen MR) is 76.0 cm³/mol. The molecule has 0 fully saturated rings. The summed E-state index contributed by atoms with van der Waals surface area (Å²) in [6.45, 7) is 8.18.